The molecular formula is C25H24N2O2S. The molecule has 1 saturated heterocycles. The van der Waals surface area contributed by atoms with Gasteiger partial charge in [-0.25, -0.2) is 0 Å². The van der Waals surface area contributed by atoms with E-state index in [4.69, 9.17) is 0 Å². The smallest absolute Gasteiger partial charge is 0.255 e. The fourth-order valence-electron chi connectivity index (χ4n) is 3.59. The molecule has 1 fully saturated rings. The number of carbonyl (C=O) groups excluding carboxylic acids is 2. The fraction of sp³-hybridized carbons (Fsp3) is 0.200. The molecule has 4 rings (SSSR count). The third-order valence-corrected chi connectivity index (χ3v) is 6.44. The minimum Gasteiger partial charge on any atom is -0.326 e. The van der Waals surface area contributed by atoms with Gasteiger partial charge in [-0.1, -0.05) is 54.6 Å². The highest BCUT2D eigenvalue weighted by Crippen LogP contribution is 2.38. The Balaban J connectivity index is 1.43. The quantitative estimate of drug-likeness (QED) is 0.611. The summed E-state index contributed by atoms with van der Waals surface area (Å²) in [6.45, 7) is 2.69. The maximum atomic E-state index is 12.6. The number of aryl methyl sites for hydroxylation is 1. The zero-order chi connectivity index (χ0) is 20.9. The van der Waals surface area contributed by atoms with E-state index in [2.05, 4.69) is 17.4 Å². The molecule has 3 aromatic carbocycles. The number of hydrogen-bond donors (Lipinski definition) is 1. The maximum absolute atomic E-state index is 12.6. The van der Waals surface area contributed by atoms with E-state index >= 15 is 0 Å². The van der Waals surface area contributed by atoms with E-state index in [1.807, 2.05) is 78.6 Å². The van der Waals surface area contributed by atoms with Gasteiger partial charge >= 0.3 is 0 Å². The van der Waals surface area contributed by atoms with Gasteiger partial charge in [0, 0.05) is 17.8 Å². The molecule has 1 N–H and O–H groups in total. The second kappa shape index (κ2) is 9.18. The van der Waals surface area contributed by atoms with E-state index in [1.165, 1.54) is 5.56 Å². The average molecular weight is 417 g/mol. The summed E-state index contributed by atoms with van der Waals surface area (Å²) in [6, 6.07) is 25.5. The van der Waals surface area contributed by atoms with Crippen LogP contribution in [0.3, 0.4) is 0 Å². The standard InChI is InChI=1S/C25H24N2O2S/c1-18-6-5-9-22(16-18)26-24(29)20-10-12-21(13-11-20)25-27(23(28)17-30-25)15-14-19-7-3-2-4-8-19/h2-13,16,25H,14-15,17H2,1H3,(H,26,29)/t25-/m0/s1. The van der Waals surface area contributed by atoms with Crippen LogP contribution >= 0.6 is 11.8 Å². The lowest BCUT2D eigenvalue weighted by molar-refractivity contribution is -0.128. The summed E-state index contributed by atoms with van der Waals surface area (Å²) in [7, 11) is 0. The Morgan fingerprint density at radius 2 is 1.80 bits per heavy atom. The van der Waals surface area contributed by atoms with E-state index < -0.39 is 0 Å². The summed E-state index contributed by atoms with van der Waals surface area (Å²) in [6.07, 6.45) is 0.834. The van der Waals surface area contributed by atoms with Crippen LogP contribution in [0.25, 0.3) is 0 Å². The summed E-state index contributed by atoms with van der Waals surface area (Å²) in [5.74, 6) is 0.528. The minimum atomic E-state index is -0.136. The van der Waals surface area contributed by atoms with Gasteiger partial charge in [0.05, 0.1) is 5.75 Å². The van der Waals surface area contributed by atoms with Crippen LogP contribution in [0.5, 0.6) is 0 Å². The van der Waals surface area contributed by atoms with Crippen LogP contribution in [0.1, 0.15) is 32.4 Å². The Morgan fingerprint density at radius 1 is 1.03 bits per heavy atom. The predicted octanol–water partition coefficient (Wildman–Crippen LogP) is 5.06. The van der Waals surface area contributed by atoms with Gasteiger partial charge in [-0.2, -0.15) is 0 Å². The molecule has 30 heavy (non-hydrogen) atoms. The van der Waals surface area contributed by atoms with Gasteiger partial charge in [0.15, 0.2) is 0 Å². The maximum Gasteiger partial charge on any atom is 0.255 e. The monoisotopic (exact) mass is 416 g/mol. The highest BCUT2D eigenvalue weighted by molar-refractivity contribution is 8.00. The first kappa shape index (κ1) is 20.2. The van der Waals surface area contributed by atoms with Crippen molar-refractivity contribution < 1.29 is 9.59 Å². The Morgan fingerprint density at radius 3 is 2.53 bits per heavy atom. The number of nitrogens with one attached hydrogen (secondary N) is 1. The number of rotatable bonds is 6. The molecule has 0 saturated carbocycles. The van der Waals surface area contributed by atoms with Crippen LogP contribution in [0.4, 0.5) is 5.69 Å². The third-order valence-electron chi connectivity index (χ3n) is 5.19. The van der Waals surface area contributed by atoms with Crippen LogP contribution in [0.15, 0.2) is 78.9 Å². The van der Waals surface area contributed by atoms with Crippen LogP contribution in [0, 0.1) is 6.92 Å². The molecule has 0 aromatic heterocycles. The molecule has 0 aliphatic carbocycles. The Labute approximate surface area is 181 Å². The number of hydrogen-bond acceptors (Lipinski definition) is 3. The molecule has 4 nitrogen and oxygen atoms in total. The van der Waals surface area contributed by atoms with Crippen LogP contribution in [-0.2, 0) is 11.2 Å². The van der Waals surface area contributed by atoms with E-state index in [-0.39, 0.29) is 17.2 Å². The average Bonchev–Trinajstić information content (AvgIpc) is 3.13. The minimum absolute atomic E-state index is 0.00454. The zero-order valence-electron chi connectivity index (χ0n) is 16.9. The van der Waals surface area contributed by atoms with Gasteiger partial charge < -0.3 is 10.2 Å². The number of amides is 2. The normalized spacial score (nSPS) is 16.0. The molecule has 0 radical (unpaired) electrons. The van der Waals surface area contributed by atoms with E-state index in [0.29, 0.717) is 17.9 Å². The highest BCUT2D eigenvalue weighted by Gasteiger charge is 2.32. The lowest BCUT2D eigenvalue weighted by Gasteiger charge is -2.24. The fourth-order valence-corrected chi connectivity index (χ4v) is 4.81. The first-order valence-electron chi connectivity index (χ1n) is 10.0. The second-order valence-electron chi connectivity index (χ2n) is 7.43. The van der Waals surface area contributed by atoms with Gasteiger partial charge in [0.25, 0.3) is 5.91 Å². The van der Waals surface area contributed by atoms with Crippen molar-refractivity contribution in [2.45, 2.75) is 18.7 Å². The molecule has 0 spiro atoms. The highest BCUT2D eigenvalue weighted by atomic mass is 32.2. The number of anilines is 1. The van der Waals surface area contributed by atoms with Crippen molar-refractivity contribution in [1.82, 2.24) is 4.90 Å². The number of nitrogens with zero attached hydrogens (tertiary/aromatic N) is 1. The SMILES string of the molecule is Cc1cccc(NC(=O)c2ccc([C@@H]3SCC(=O)N3CCc3ccccc3)cc2)c1. The molecule has 2 amide bonds. The van der Waals surface area contributed by atoms with Crippen molar-refractivity contribution in [3.05, 3.63) is 101 Å². The van der Waals surface area contributed by atoms with E-state index in [0.717, 1.165) is 23.2 Å². The van der Waals surface area contributed by atoms with Crippen molar-refractivity contribution in [1.29, 1.82) is 0 Å². The lowest BCUT2D eigenvalue weighted by Crippen LogP contribution is -2.30. The molecule has 1 aliphatic heterocycles. The van der Waals surface area contributed by atoms with E-state index in [9.17, 15) is 9.59 Å². The summed E-state index contributed by atoms with van der Waals surface area (Å²) < 4.78 is 0. The molecule has 3 aromatic rings. The van der Waals surface area contributed by atoms with Crippen LogP contribution in [0.2, 0.25) is 0 Å². The Hall–Kier alpha value is -3.05. The lowest BCUT2D eigenvalue weighted by atomic mass is 10.1. The van der Waals surface area contributed by atoms with Crippen LogP contribution in [-0.4, -0.2) is 29.0 Å². The molecular weight excluding hydrogens is 392 g/mol. The summed E-state index contributed by atoms with van der Waals surface area (Å²) in [4.78, 5) is 26.9. The molecule has 5 heteroatoms. The summed E-state index contributed by atoms with van der Waals surface area (Å²) in [5, 5.41) is 2.93. The number of thioether (sulfide) groups is 1. The van der Waals surface area contributed by atoms with Gasteiger partial charge in [0.2, 0.25) is 5.91 Å². The molecule has 152 valence electrons. The Bertz CT molecular complexity index is 1030. The van der Waals surface area contributed by atoms with Gasteiger partial charge in [-0.15, -0.1) is 11.8 Å². The van der Waals surface area contributed by atoms with Gasteiger partial charge in [-0.05, 0) is 54.3 Å². The first-order valence-corrected chi connectivity index (χ1v) is 11.1. The third kappa shape index (κ3) is 4.74. The molecule has 0 unspecified atom stereocenters. The topological polar surface area (TPSA) is 49.4 Å². The Kier molecular flexibility index (Phi) is 6.19. The predicted molar refractivity (Wildman–Crippen MR) is 123 cm³/mol. The van der Waals surface area contributed by atoms with Gasteiger partial charge in [-0.3, -0.25) is 9.59 Å². The van der Waals surface area contributed by atoms with Crippen molar-refractivity contribution in [2.75, 3.05) is 17.6 Å². The van der Waals surface area contributed by atoms with Crippen molar-refractivity contribution in [3.63, 3.8) is 0 Å². The van der Waals surface area contributed by atoms with Crippen molar-refractivity contribution in [3.8, 4) is 0 Å². The largest absolute Gasteiger partial charge is 0.326 e. The zero-order valence-corrected chi connectivity index (χ0v) is 17.7. The first-order chi connectivity index (χ1) is 14.6. The summed E-state index contributed by atoms with van der Waals surface area (Å²) in [5.41, 5.74) is 4.76. The molecule has 1 atom stereocenters. The van der Waals surface area contributed by atoms with E-state index in [1.54, 1.807) is 11.8 Å². The molecule has 0 bridgehead atoms. The van der Waals surface area contributed by atoms with Gasteiger partial charge in [0.1, 0.15) is 5.37 Å². The second-order valence-corrected chi connectivity index (χ2v) is 8.50. The van der Waals surface area contributed by atoms with Crippen LogP contribution < -0.4 is 5.32 Å². The summed E-state index contributed by atoms with van der Waals surface area (Å²) >= 11 is 1.64. The number of benzene rings is 3. The van der Waals surface area contributed by atoms with Crippen molar-refractivity contribution >= 4 is 29.3 Å². The van der Waals surface area contributed by atoms with Crippen molar-refractivity contribution in [2.24, 2.45) is 0 Å². The molecule has 1 heterocycles. The number of carbonyl (C=O) groups is 2. The molecule has 1 aliphatic rings.